The van der Waals surface area contributed by atoms with E-state index in [1.165, 1.54) is 58.0 Å². The molecule has 1 aliphatic heterocycles. The maximum absolute atomic E-state index is 6.26. The maximum Gasteiger partial charge on any atom is 0.00955 e. The molecule has 0 aromatic rings. The van der Waals surface area contributed by atoms with Crippen LogP contribution < -0.4 is 5.73 Å². The largest absolute Gasteiger partial charge is 0.327 e. The first-order valence-electron chi connectivity index (χ1n) is 8.91. The van der Waals surface area contributed by atoms with Crippen LogP contribution in [0.5, 0.6) is 0 Å². The van der Waals surface area contributed by atoms with E-state index in [9.17, 15) is 0 Å². The van der Waals surface area contributed by atoms with Crippen LogP contribution in [0.1, 0.15) is 72.6 Å². The molecule has 4 atom stereocenters. The zero-order valence-corrected chi connectivity index (χ0v) is 14.2. The van der Waals surface area contributed by atoms with Crippen molar-refractivity contribution in [3.05, 3.63) is 0 Å². The van der Waals surface area contributed by atoms with E-state index in [1.807, 2.05) is 0 Å². The zero-order valence-electron chi connectivity index (χ0n) is 14.2. The summed E-state index contributed by atoms with van der Waals surface area (Å²) in [5.41, 5.74) is 6.76. The van der Waals surface area contributed by atoms with Gasteiger partial charge in [0.05, 0.1) is 0 Å². The first-order valence-corrected chi connectivity index (χ1v) is 8.91. The monoisotopic (exact) mass is 280 g/mol. The number of nitrogens with two attached hydrogens (primary N) is 1. The fourth-order valence-corrected chi connectivity index (χ4v) is 4.36. The van der Waals surface area contributed by atoms with Gasteiger partial charge in [-0.05, 0) is 55.9 Å². The van der Waals surface area contributed by atoms with E-state index >= 15 is 0 Å². The van der Waals surface area contributed by atoms with Crippen molar-refractivity contribution >= 4 is 0 Å². The SMILES string of the molecule is CCC1CN(C2CCCC(C(C)(C)C)CC2)CCC1N. The average Bonchev–Trinajstić information content (AvgIpc) is 2.64. The molecule has 0 bridgehead atoms. The Morgan fingerprint density at radius 2 is 1.80 bits per heavy atom. The predicted octanol–water partition coefficient (Wildman–Crippen LogP) is 4.04. The molecule has 4 unspecified atom stereocenters. The molecule has 0 aromatic carbocycles. The highest BCUT2D eigenvalue weighted by atomic mass is 15.2. The number of hydrogen-bond acceptors (Lipinski definition) is 2. The zero-order chi connectivity index (χ0) is 14.8. The molecule has 118 valence electrons. The lowest BCUT2D eigenvalue weighted by atomic mass is 9.76. The van der Waals surface area contributed by atoms with Crippen molar-refractivity contribution in [1.29, 1.82) is 0 Å². The van der Waals surface area contributed by atoms with Gasteiger partial charge in [-0.3, -0.25) is 4.90 Å². The third-order valence-electron chi connectivity index (χ3n) is 6.03. The summed E-state index contributed by atoms with van der Waals surface area (Å²) < 4.78 is 0. The average molecular weight is 280 g/mol. The highest BCUT2D eigenvalue weighted by Crippen LogP contribution is 2.38. The molecule has 0 aromatic heterocycles. The second kappa shape index (κ2) is 6.79. The Morgan fingerprint density at radius 3 is 2.45 bits per heavy atom. The van der Waals surface area contributed by atoms with E-state index in [0.717, 1.165) is 17.9 Å². The van der Waals surface area contributed by atoms with Crippen LogP contribution >= 0.6 is 0 Å². The van der Waals surface area contributed by atoms with Crippen molar-refractivity contribution in [1.82, 2.24) is 4.90 Å². The third-order valence-corrected chi connectivity index (χ3v) is 6.03. The molecule has 1 heterocycles. The van der Waals surface area contributed by atoms with Gasteiger partial charge in [0.1, 0.15) is 0 Å². The van der Waals surface area contributed by atoms with Gasteiger partial charge in [-0.15, -0.1) is 0 Å². The van der Waals surface area contributed by atoms with E-state index in [4.69, 9.17) is 5.73 Å². The van der Waals surface area contributed by atoms with Gasteiger partial charge in [0.25, 0.3) is 0 Å². The van der Waals surface area contributed by atoms with E-state index in [-0.39, 0.29) is 0 Å². The molecule has 2 heteroatoms. The Kier molecular flexibility index (Phi) is 5.53. The highest BCUT2D eigenvalue weighted by molar-refractivity contribution is 4.88. The van der Waals surface area contributed by atoms with Crippen LogP contribution in [-0.4, -0.2) is 30.1 Å². The number of nitrogens with zero attached hydrogens (tertiary/aromatic N) is 1. The van der Waals surface area contributed by atoms with Crippen molar-refractivity contribution in [3.63, 3.8) is 0 Å². The first-order chi connectivity index (χ1) is 9.41. The number of rotatable bonds is 2. The van der Waals surface area contributed by atoms with Gasteiger partial charge in [-0.25, -0.2) is 0 Å². The molecule has 2 fully saturated rings. The Balaban J connectivity index is 1.90. The van der Waals surface area contributed by atoms with Crippen molar-refractivity contribution in [2.75, 3.05) is 13.1 Å². The van der Waals surface area contributed by atoms with Gasteiger partial charge >= 0.3 is 0 Å². The Bertz CT molecular complexity index is 294. The van der Waals surface area contributed by atoms with E-state index < -0.39 is 0 Å². The van der Waals surface area contributed by atoms with Gasteiger partial charge in [0.15, 0.2) is 0 Å². The third kappa shape index (κ3) is 3.98. The van der Waals surface area contributed by atoms with Crippen LogP contribution in [0.25, 0.3) is 0 Å². The summed E-state index contributed by atoms with van der Waals surface area (Å²) in [7, 11) is 0. The molecule has 0 spiro atoms. The van der Waals surface area contributed by atoms with Gasteiger partial charge in [-0.2, -0.15) is 0 Å². The summed E-state index contributed by atoms with van der Waals surface area (Å²) in [6.07, 6.45) is 9.56. The summed E-state index contributed by atoms with van der Waals surface area (Å²) in [5, 5.41) is 0. The van der Waals surface area contributed by atoms with Gasteiger partial charge in [0, 0.05) is 18.6 Å². The minimum Gasteiger partial charge on any atom is -0.327 e. The van der Waals surface area contributed by atoms with Crippen molar-refractivity contribution < 1.29 is 0 Å². The van der Waals surface area contributed by atoms with Crippen LogP contribution in [0.3, 0.4) is 0 Å². The minimum absolute atomic E-state index is 0.448. The molecule has 1 saturated heterocycles. The van der Waals surface area contributed by atoms with Gasteiger partial charge in [0.2, 0.25) is 0 Å². The first kappa shape index (κ1) is 16.3. The normalized spacial score (nSPS) is 37.6. The van der Waals surface area contributed by atoms with Crippen LogP contribution in [0.2, 0.25) is 0 Å². The Labute approximate surface area is 126 Å². The lowest BCUT2D eigenvalue weighted by Crippen LogP contribution is -2.50. The summed E-state index contributed by atoms with van der Waals surface area (Å²) in [6.45, 7) is 12.1. The summed E-state index contributed by atoms with van der Waals surface area (Å²) in [4.78, 5) is 2.78. The van der Waals surface area contributed by atoms with Crippen LogP contribution in [0.15, 0.2) is 0 Å². The molecule has 0 radical (unpaired) electrons. The van der Waals surface area contributed by atoms with Crippen molar-refractivity contribution in [3.8, 4) is 0 Å². The molecule has 2 rings (SSSR count). The minimum atomic E-state index is 0.448. The Hall–Kier alpha value is -0.0800. The number of hydrogen-bond donors (Lipinski definition) is 1. The predicted molar refractivity (Wildman–Crippen MR) is 87.8 cm³/mol. The molecule has 0 amide bonds. The van der Waals surface area contributed by atoms with E-state index in [0.29, 0.717) is 11.5 Å². The summed E-state index contributed by atoms with van der Waals surface area (Å²) in [6, 6.07) is 1.29. The fourth-order valence-electron chi connectivity index (χ4n) is 4.36. The lowest BCUT2D eigenvalue weighted by molar-refractivity contribution is 0.0955. The molecular formula is C18H36N2. The molecule has 2 N–H and O–H groups in total. The van der Waals surface area contributed by atoms with Crippen LogP contribution in [0, 0.1) is 17.3 Å². The number of likely N-dealkylation sites (tertiary alicyclic amines) is 1. The fraction of sp³-hybridized carbons (Fsp3) is 1.00. The smallest absolute Gasteiger partial charge is 0.00955 e. The lowest BCUT2D eigenvalue weighted by Gasteiger charge is -2.41. The molecule has 1 aliphatic carbocycles. The molecule has 20 heavy (non-hydrogen) atoms. The highest BCUT2D eigenvalue weighted by Gasteiger charge is 2.33. The number of piperidine rings is 1. The quantitative estimate of drug-likeness (QED) is 0.774. The van der Waals surface area contributed by atoms with E-state index in [1.54, 1.807) is 0 Å². The Morgan fingerprint density at radius 1 is 1.05 bits per heavy atom. The summed E-state index contributed by atoms with van der Waals surface area (Å²) in [5.74, 6) is 1.65. The van der Waals surface area contributed by atoms with Crippen molar-refractivity contribution in [2.45, 2.75) is 84.7 Å². The molecule has 2 aliphatic rings. The summed E-state index contributed by atoms with van der Waals surface area (Å²) >= 11 is 0. The second-order valence-electron chi connectivity index (χ2n) is 8.34. The molecule has 1 saturated carbocycles. The molecule has 2 nitrogen and oxygen atoms in total. The second-order valence-corrected chi connectivity index (χ2v) is 8.34. The van der Waals surface area contributed by atoms with Gasteiger partial charge in [-0.1, -0.05) is 40.5 Å². The van der Waals surface area contributed by atoms with E-state index in [2.05, 4.69) is 32.6 Å². The molecular weight excluding hydrogens is 244 g/mol. The van der Waals surface area contributed by atoms with Gasteiger partial charge < -0.3 is 5.73 Å². The topological polar surface area (TPSA) is 29.3 Å². The van der Waals surface area contributed by atoms with Crippen LogP contribution in [-0.2, 0) is 0 Å². The maximum atomic E-state index is 6.26. The van der Waals surface area contributed by atoms with Crippen LogP contribution in [0.4, 0.5) is 0 Å². The van der Waals surface area contributed by atoms with Crippen molar-refractivity contribution in [2.24, 2.45) is 23.0 Å². The standard InChI is InChI=1S/C18H36N2/c1-5-14-13-20(12-11-17(14)19)16-8-6-7-15(9-10-16)18(2,3)4/h14-17H,5-13,19H2,1-4H3.